The summed E-state index contributed by atoms with van der Waals surface area (Å²) < 4.78 is 49.6. The van der Waals surface area contributed by atoms with Crippen molar-refractivity contribution in [3.63, 3.8) is 0 Å². The molecular formula is C15H21NO4S2. The van der Waals surface area contributed by atoms with Crippen molar-refractivity contribution in [2.75, 3.05) is 18.1 Å². The normalized spacial score (nSPS) is 21.6. The molecule has 1 saturated heterocycles. The van der Waals surface area contributed by atoms with E-state index in [9.17, 15) is 16.8 Å². The zero-order chi connectivity index (χ0) is 16.2. The summed E-state index contributed by atoms with van der Waals surface area (Å²) in [5.41, 5.74) is 0.793. The highest BCUT2D eigenvalue weighted by Crippen LogP contribution is 2.22. The highest BCUT2D eigenvalue weighted by molar-refractivity contribution is 7.93. The molecule has 0 saturated carbocycles. The maximum Gasteiger partial charge on any atom is 0.236 e. The van der Waals surface area contributed by atoms with E-state index in [1.54, 1.807) is 6.08 Å². The van der Waals surface area contributed by atoms with Crippen LogP contribution in [0.15, 0.2) is 35.7 Å². The van der Waals surface area contributed by atoms with Crippen LogP contribution in [0.2, 0.25) is 0 Å². The second kappa shape index (κ2) is 6.93. The molecule has 0 aliphatic carbocycles. The number of nitrogens with zero attached hydrogens (tertiary/aromatic N) is 1. The average Bonchev–Trinajstić information content (AvgIpc) is 2.83. The molecule has 2 rings (SSSR count). The second-order valence-electron chi connectivity index (χ2n) is 5.43. The molecule has 1 atom stereocenters. The van der Waals surface area contributed by atoms with Crippen molar-refractivity contribution in [1.82, 2.24) is 4.31 Å². The summed E-state index contributed by atoms with van der Waals surface area (Å²) in [6, 6.07) is 8.71. The first-order valence-corrected chi connectivity index (χ1v) is 10.6. The average molecular weight is 343 g/mol. The Balaban J connectivity index is 2.21. The van der Waals surface area contributed by atoms with Crippen molar-refractivity contribution in [2.24, 2.45) is 0 Å². The molecular weight excluding hydrogens is 322 g/mol. The van der Waals surface area contributed by atoms with Crippen LogP contribution in [0.3, 0.4) is 0 Å². The molecule has 1 fully saturated rings. The van der Waals surface area contributed by atoms with Crippen LogP contribution in [0.25, 0.3) is 6.08 Å². The standard InChI is InChI=1S/C15H21NO4S2/c1-2-10-16(15-9-11-21(17,18)13-15)22(19,20)12-8-14-6-4-3-5-7-14/h3-8,12,15H,2,9-11,13H2,1H3. The molecule has 22 heavy (non-hydrogen) atoms. The van der Waals surface area contributed by atoms with Gasteiger partial charge in [0.1, 0.15) is 0 Å². The van der Waals surface area contributed by atoms with E-state index < -0.39 is 25.9 Å². The summed E-state index contributed by atoms with van der Waals surface area (Å²) in [6.45, 7) is 2.22. The summed E-state index contributed by atoms with van der Waals surface area (Å²) in [7, 11) is -6.74. The van der Waals surface area contributed by atoms with Gasteiger partial charge in [-0.25, -0.2) is 16.8 Å². The Morgan fingerprint density at radius 3 is 2.50 bits per heavy atom. The Morgan fingerprint density at radius 2 is 1.95 bits per heavy atom. The molecule has 1 aromatic carbocycles. The number of hydrogen-bond acceptors (Lipinski definition) is 4. The van der Waals surface area contributed by atoms with Crippen LogP contribution in [0.5, 0.6) is 0 Å². The maximum absolute atomic E-state index is 12.5. The van der Waals surface area contributed by atoms with Gasteiger partial charge >= 0.3 is 0 Å². The van der Waals surface area contributed by atoms with Gasteiger partial charge in [0, 0.05) is 18.0 Å². The molecule has 0 spiro atoms. The predicted octanol–water partition coefficient (Wildman–Crippen LogP) is 1.89. The number of hydrogen-bond donors (Lipinski definition) is 0. The van der Waals surface area contributed by atoms with Crippen molar-refractivity contribution in [3.05, 3.63) is 41.3 Å². The van der Waals surface area contributed by atoms with Crippen molar-refractivity contribution in [1.29, 1.82) is 0 Å². The third-order valence-corrected chi connectivity index (χ3v) is 6.98. The second-order valence-corrected chi connectivity index (χ2v) is 9.43. The third-order valence-electron chi connectivity index (χ3n) is 3.62. The van der Waals surface area contributed by atoms with Crippen molar-refractivity contribution in [2.45, 2.75) is 25.8 Å². The lowest BCUT2D eigenvalue weighted by Gasteiger charge is -2.25. The lowest BCUT2D eigenvalue weighted by molar-refractivity contribution is 0.345. The number of benzene rings is 1. The van der Waals surface area contributed by atoms with Crippen molar-refractivity contribution in [3.8, 4) is 0 Å². The first-order chi connectivity index (χ1) is 10.3. The largest absolute Gasteiger partial charge is 0.236 e. The molecule has 0 bridgehead atoms. The Hall–Kier alpha value is -1.18. The van der Waals surface area contributed by atoms with Crippen LogP contribution in [-0.2, 0) is 19.9 Å². The van der Waals surface area contributed by atoms with E-state index >= 15 is 0 Å². The van der Waals surface area contributed by atoms with Crippen LogP contribution in [0.1, 0.15) is 25.3 Å². The molecule has 1 unspecified atom stereocenters. The van der Waals surface area contributed by atoms with Gasteiger partial charge in [0.05, 0.1) is 11.5 Å². The molecule has 1 aliphatic heterocycles. The van der Waals surface area contributed by atoms with Gasteiger partial charge in [0.25, 0.3) is 0 Å². The lowest BCUT2D eigenvalue weighted by Crippen LogP contribution is -2.40. The van der Waals surface area contributed by atoms with Crippen LogP contribution < -0.4 is 0 Å². The van der Waals surface area contributed by atoms with Crippen LogP contribution in [0.4, 0.5) is 0 Å². The van der Waals surface area contributed by atoms with Crippen LogP contribution >= 0.6 is 0 Å². The Bertz CT molecular complexity index is 724. The molecule has 7 heteroatoms. The van der Waals surface area contributed by atoms with Crippen LogP contribution in [-0.4, -0.2) is 45.2 Å². The van der Waals surface area contributed by atoms with Gasteiger partial charge in [-0.3, -0.25) is 0 Å². The Labute approximate surface area is 132 Å². The summed E-state index contributed by atoms with van der Waals surface area (Å²) in [6.07, 6.45) is 2.57. The predicted molar refractivity (Wildman–Crippen MR) is 88.5 cm³/mol. The van der Waals surface area contributed by atoms with Gasteiger partial charge < -0.3 is 0 Å². The van der Waals surface area contributed by atoms with E-state index in [1.807, 2.05) is 37.3 Å². The topological polar surface area (TPSA) is 71.5 Å². The van der Waals surface area contributed by atoms with Crippen molar-refractivity contribution < 1.29 is 16.8 Å². The summed E-state index contributed by atoms with van der Waals surface area (Å²) in [4.78, 5) is 0. The highest BCUT2D eigenvalue weighted by atomic mass is 32.2. The fourth-order valence-electron chi connectivity index (χ4n) is 2.55. The quantitative estimate of drug-likeness (QED) is 0.791. The Kier molecular flexibility index (Phi) is 5.41. The number of sulfonamides is 1. The zero-order valence-corrected chi connectivity index (χ0v) is 14.2. The van der Waals surface area contributed by atoms with E-state index in [-0.39, 0.29) is 11.5 Å². The Morgan fingerprint density at radius 1 is 1.27 bits per heavy atom. The van der Waals surface area contributed by atoms with E-state index in [0.29, 0.717) is 19.4 Å². The van der Waals surface area contributed by atoms with Crippen LogP contribution in [0, 0.1) is 0 Å². The molecule has 1 aliphatic rings. The smallest absolute Gasteiger partial charge is 0.229 e. The summed E-state index contributed by atoms with van der Waals surface area (Å²) in [5, 5.41) is 1.17. The van der Waals surface area contributed by atoms with Gasteiger partial charge in [-0.2, -0.15) is 4.31 Å². The van der Waals surface area contributed by atoms with Gasteiger partial charge in [-0.1, -0.05) is 37.3 Å². The van der Waals surface area contributed by atoms with Gasteiger partial charge in [0.2, 0.25) is 10.0 Å². The monoisotopic (exact) mass is 343 g/mol. The molecule has 1 aromatic rings. The lowest BCUT2D eigenvalue weighted by atomic mass is 10.2. The third kappa shape index (κ3) is 4.41. The molecule has 1 heterocycles. The molecule has 0 N–H and O–H groups in total. The number of rotatable bonds is 6. The minimum absolute atomic E-state index is 0.0653. The fourth-order valence-corrected chi connectivity index (χ4v) is 5.89. The van der Waals surface area contributed by atoms with Gasteiger partial charge in [-0.05, 0) is 24.5 Å². The minimum Gasteiger partial charge on any atom is -0.229 e. The highest BCUT2D eigenvalue weighted by Gasteiger charge is 2.36. The van der Waals surface area contributed by atoms with Crippen molar-refractivity contribution >= 4 is 25.9 Å². The molecule has 0 aromatic heterocycles. The minimum atomic E-state index is -3.63. The van der Waals surface area contributed by atoms with E-state index in [2.05, 4.69) is 0 Å². The van der Waals surface area contributed by atoms with Gasteiger partial charge in [0.15, 0.2) is 9.84 Å². The van der Waals surface area contributed by atoms with E-state index in [4.69, 9.17) is 0 Å². The number of sulfone groups is 1. The SMILES string of the molecule is CCCN(C1CCS(=O)(=O)C1)S(=O)(=O)C=Cc1ccccc1. The molecule has 0 radical (unpaired) electrons. The maximum atomic E-state index is 12.5. The summed E-state index contributed by atoms with van der Waals surface area (Å²) in [5.74, 6) is -0.0127. The fraction of sp³-hybridized carbons (Fsp3) is 0.467. The van der Waals surface area contributed by atoms with Gasteiger partial charge in [-0.15, -0.1) is 0 Å². The first-order valence-electron chi connectivity index (χ1n) is 7.29. The summed E-state index contributed by atoms with van der Waals surface area (Å²) >= 11 is 0. The first kappa shape index (κ1) is 17.2. The molecule has 5 nitrogen and oxygen atoms in total. The molecule has 122 valence electrons. The molecule has 0 amide bonds. The van der Waals surface area contributed by atoms with E-state index in [0.717, 1.165) is 5.56 Å². The van der Waals surface area contributed by atoms with E-state index in [1.165, 1.54) is 9.71 Å². The zero-order valence-electron chi connectivity index (χ0n) is 12.6.